The third-order valence-electron chi connectivity index (χ3n) is 4.41. The Morgan fingerprint density at radius 2 is 2.04 bits per heavy atom. The van der Waals surface area contributed by atoms with Gasteiger partial charge < -0.3 is 10.2 Å². The summed E-state index contributed by atoms with van der Waals surface area (Å²) in [4.78, 5) is 1.93. The lowest BCUT2D eigenvalue weighted by Crippen LogP contribution is -2.31. The van der Waals surface area contributed by atoms with Crippen molar-refractivity contribution in [2.75, 3.05) is 12.4 Å². The first-order chi connectivity index (χ1) is 13.0. The van der Waals surface area contributed by atoms with Gasteiger partial charge >= 0.3 is 0 Å². The molecule has 8 heteroatoms. The molecule has 1 N–H and O–H groups in total. The Balaban J connectivity index is 1.62. The number of nitrogens with one attached hydrogen (secondary N) is 1. The normalized spacial score (nSPS) is 10.8. The van der Waals surface area contributed by atoms with Gasteiger partial charge in [-0.25, -0.2) is 0 Å². The number of rotatable bonds is 6. The number of aryl methyl sites for hydroxylation is 2. The maximum absolute atomic E-state index is 6.24. The maximum atomic E-state index is 6.24. The molecule has 0 amide bonds. The van der Waals surface area contributed by atoms with Gasteiger partial charge in [0, 0.05) is 19.8 Å². The van der Waals surface area contributed by atoms with Gasteiger partial charge in [0.2, 0.25) is 0 Å². The van der Waals surface area contributed by atoms with Crippen LogP contribution in [0, 0.1) is 6.92 Å². The van der Waals surface area contributed by atoms with Gasteiger partial charge in [0.15, 0.2) is 5.11 Å². The first-order valence-electron chi connectivity index (χ1n) is 8.77. The molecule has 1 aromatic carbocycles. The number of hydrogen-bond donors (Lipinski definition) is 1. The summed E-state index contributed by atoms with van der Waals surface area (Å²) in [5.74, 6) is 0. The zero-order chi connectivity index (χ0) is 19.4. The molecule has 0 bridgehead atoms. The van der Waals surface area contributed by atoms with Gasteiger partial charge in [-0.2, -0.15) is 10.2 Å². The molecule has 3 aromatic rings. The highest BCUT2D eigenvalue weighted by Crippen LogP contribution is 2.18. The van der Waals surface area contributed by atoms with Crippen molar-refractivity contribution in [3.8, 4) is 0 Å². The number of aromatic nitrogens is 4. The van der Waals surface area contributed by atoms with Crippen molar-refractivity contribution in [2.24, 2.45) is 0 Å². The Kier molecular flexibility index (Phi) is 6.13. The van der Waals surface area contributed by atoms with E-state index in [0.29, 0.717) is 16.7 Å². The predicted octanol–water partition coefficient (Wildman–Crippen LogP) is 3.94. The molecule has 2 heterocycles. The van der Waals surface area contributed by atoms with E-state index < -0.39 is 0 Å². The van der Waals surface area contributed by atoms with Gasteiger partial charge in [0.1, 0.15) is 0 Å². The molecule has 0 spiro atoms. The third-order valence-corrected chi connectivity index (χ3v) is 5.14. The molecule has 0 fully saturated rings. The van der Waals surface area contributed by atoms with Crippen molar-refractivity contribution in [3.63, 3.8) is 0 Å². The smallest absolute Gasteiger partial charge is 0.173 e. The summed E-state index contributed by atoms with van der Waals surface area (Å²) < 4.78 is 3.78. The summed E-state index contributed by atoms with van der Waals surface area (Å²) in [7, 11) is 1.93. The van der Waals surface area contributed by atoms with Gasteiger partial charge in [-0.05, 0) is 37.2 Å². The summed E-state index contributed by atoms with van der Waals surface area (Å²) in [6.45, 7) is 6.21. The van der Waals surface area contributed by atoms with Crippen LogP contribution in [-0.2, 0) is 19.6 Å². The highest BCUT2D eigenvalue weighted by Gasteiger charge is 2.13. The molecule has 6 nitrogen and oxygen atoms in total. The molecule has 3 rings (SSSR count). The zero-order valence-corrected chi connectivity index (χ0v) is 17.3. The van der Waals surface area contributed by atoms with Crippen molar-refractivity contribution in [1.29, 1.82) is 0 Å². The van der Waals surface area contributed by atoms with Crippen molar-refractivity contribution in [2.45, 2.75) is 33.5 Å². The van der Waals surface area contributed by atoms with E-state index in [9.17, 15) is 0 Å². The minimum atomic E-state index is 0.579. The van der Waals surface area contributed by atoms with Crippen LogP contribution in [0.5, 0.6) is 0 Å². The molecule has 0 saturated heterocycles. The summed E-state index contributed by atoms with van der Waals surface area (Å²) in [6.07, 6.45) is 5.40. The van der Waals surface area contributed by atoms with Crippen LogP contribution in [0.1, 0.15) is 23.7 Å². The average Bonchev–Trinajstić information content (AvgIpc) is 3.23. The van der Waals surface area contributed by atoms with Crippen molar-refractivity contribution in [1.82, 2.24) is 24.5 Å². The number of nitrogens with zero attached hydrogens (tertiary/aromatic N) is 5. The SMILES string of the molecule is CCn1ncc(Cl)c1CN(C)C(=S)Nc1cnn(Cc2ccccc2C)c1. The Labute approximate surface area is 169 Å². The van der Waals surface area contributed by atoms with E-state index in [-0.39, 0.29) is 0 Å². The van der Waals surface area contributed by atoms with Gasteiger partial charge in [0.25, 0.3) is 0 Å². The zero-order valence-electron chi connectivity index (χ0n) is 15.7. The van der Waals surface area contributed by atoms with E-state index in [1.54, 1.807) is 12.4 Å². The van der Waals surface area contributed by atoms with Crippen molar-refractivity contribution in [3.05, 3.63) is 64.7 Å². The van der Waals surface area contributed by atoms with Crippen LogP contribution < -0.4 is 5.32 Å². The van der Waals surface area contributed by atoms with Gasteiger partial charge in [-0.15, -0.1) is 0 Å². The molecule has 0 aliphatic rings. The fraction of sp³-hybridized carbons (Fsp3) is 0.316. The van der Waals surface area contributed by atoms with Crippen LogP contribution in [0.3, 0.4) is 0 Å². The number of anilines is 1. The van der Waals surface area contributed by atoms with Gasteiger partial charge in [-0.1, -0.05) is 35.9 Å². The Hall–Kier alpha value is -2.38. The van der Waals surface area contributed by atoms with Crippen LogP contribution in [0.25, 0.3) is 0 Å². The van der Waals surface area contributed by atoms with Crippen LogP contribution in [0.4, 0.5) is 5.69 Å². The van der Waals surface area contributed by atoms with E-state index in [0.717, 1.165) is 24.5 Å². The largest absolute Gasteiger partial charge is 0.346 e. The van der Waals surface area contributed by atoms with E-state index in [1.807, 2.05) is 46.6 Å². The topological polar surface area (TPSA) is 50.9 Å². The van der Waals surface area contributed by atoms with Crippen LogP contribution >= 0.6 is 23.8 Å². The fourth-order valence-electron chi connectivity index (χ4n) is 2.81. The van der Waals surface area contributed by atoms with E-state index >= 15 is 0 Å². The highest BCUT2D eigenvalue weighted by molar-refractivity contribution is 7.80. The molecule has 0 aliphatic heterocycles. The quantitative estimate of drug-likeness (QED) is 0.633. The molecule has 0 atom stereocenters. The maximum Gasteiger partial charge on any atom is 0.173 e. The monoisotopic (exact) mass is 402 g/mol. The number of hydrogen-bond acceptors (Lipinski definition) is 3. The third kappa shape index (κ3) is 4.67. The van der Waals surface area contributed by atoms with Crippen molar-refractivity contribution < 1.29 is 0 Å². The molecular formula is C19H23ClN6S. The minimum Gasteiger partial charge on any atom is -0.346 e. The molecule has 142 valence electrons. The lowest BCUT2D eigenvalue weighted by atomic mass is 10.1. The Bertz CT molecular complexity index is 932. The molecule has 0 unspecified atom stereocenters. The number of thiocarbonyl (C=S) groups is 1. The Morgan fingerprint density at radius 1 is 1.26 bits per heavy atom. The summed E-state index contributed by atoms with van der Waals surface area (Å²) in [6, 6.07) is 8.30. The van der Waals surface area contributed by atoms with E-state index in [4.69, 9.17) is 23.8 Å². The summed E-state index contributed by atoms with van der Waals surface area (Å²) >= 11 is 11.8. The summed E-state index contributed by atoms with van der Waals surface area (Å²) in [5.41, 5.74) is 4.30. The molecule has 0 radical (unpaired) electrons. The van der Waals surface area contributed by atoms with Crippen LogP contribution in [-0.4, -0.2) is 36.6 Å². The van der Waals surface area contributed by atoms with Gasteiger partial charge in [-0.3, -0.25) is 9.36 Å². The van der Waals surface area contributed by atoms with E-state index in [2.05, 4.69) is 34.6 Å². The lowest BCUT2D eigenvalue weighted by Gasteiger charge is -2.21. The molecule has 2 aromatic heterocycles. The second kappa shape index (κ2) is 8.54. The standard InChI is InChI=1S/C19H23ClN6S/c1-4-26-18(17(20)10-22-26)13-24(3)19(27)23-16-9-21-25(12-16)11-15-8-6-5-7-14(15)2/h5-10,12H,4,11,13H2,1-3H3,(H,23,27). The lowest BCUT2D eigenvalue weighted by molar-refractivity contribution is 0.471. The highest BCUT2D eigenvalue weighted by atomic mass is 35.5. The first kappa shape index (κ1) is 19.4. The second-order valence-electron chi connectivity index (χ2n) is 6.39. The number of halogens is 1. The average molecular weight is 403 g/mol. The second-order valence-corrected chi connectivity index (χ2v) is 7.19. The molecule has 0 aliphatic carbocycles. The van der Waals surface area contributed by atoms with Crippen LogP contribution in [0.2, 0.25) is 5.02 Å². The molecular weight excluding hydrogens is 380 g/mol. The van der Waals surface area contributed by atoms with E-state index in [1.165, 1.54) is 11.1 Å². The van der Waals surface area contributed by atoms with Crippen LogP contribution in [0.15, 0.2) is 42.9 Å². The predicted molar refractivity (Wildman–Crippen MR) is 113 cm³/mol. The first-order valence-corrected chi connectivity index (χ1v) is 9.55. The molecule has 0 saturated carbocycles. The molecule has 27 heavy (non-hydrogen) atoms. The fourth-order valence-corrected chi connectivity index (χ4v) is 3.19. The van der Waals surface area contributed by atoms with Crippen molar-refractivity contribution >= 4 is 34.6 Å². The van der Waals surface area contributed by atoms with Gasteiger partial charge in [0.05, 0.1) is 41.9 Å². The Morgan fingerprint density at radius 3 is 2.78 bits per heavy atom. The minimum absolute atomic E-state index is 0.579. The summed E-state index contributed by atoms with van der Waals surface area (Å²) in [5, 5.41) is 13.2. The number of benzene rings is 1.